The lowest BCUT2D eigenvalue weighted by Gasteiger charge is -2.31. The third-order valence-corrected chi connectivity index (χ3v) is 5.78. The van der Waals surface area contributed by atoms with E-state index in [4.69, 9.17) is 9.26 Å². The van der Waals surface area contributed by atoms with Gasteiger partial charge in [0.25, 0.3) is 5.89 Å². The molecule has 130 valence electrons. The van der Waals surface area contributed by atoms with Gasteiger partial charge in [-0.2, -0.15) is 9.29 Å². The normalized spacial score (nSPS) is 19.5. The van der Waals surface area contributed by atoms with E-state index < -0.39 is 10.0 Å². The Morgan fingerprint density at radius 1 is 1.46 bits per heavy atom. The molecule has 1 unspecified atom stereocenters. The fraction of sp³-hybridized carbons (Fsp3) is 0.533. The van der Waals surface area contributed by atoms with E-state index >= 15 is 0 Å². The number of hydrogen-bond donors (Lipinski definition) is 0. The van der Waals surface area contributed by atoms with Crippen LogP contribution in [-0.2, 0) is 21.4 Å². The molecule has 1 fully saturated rings. The summed E-state index contributed by atoms with van der Waals surface area (Å²) in [5.74, 6) is 0.933. The molecule has 2 aromatic rings. The monoisotopic (exact) mass is 352 g/mol. The van der Waals surface area contributed by atoms with Crippen LogP contribution in [0.5, 0.6) is 0 Å². The predicted octanol–water partition coefficient (Wildman–Crippen LogP) is 1.46. The smallest absolute Gasteiger partial charge is 0.252 e. The molecule has 3 heterocycles. The molecule has 0 N–H and O–H groups in total. The largest absolute Gasteiger partial charge is 0.367 e. The van der Waals surface area contributed by atoms with Gasteiger partial charge in [0.1, 0.15) is 6.61 Å². The highest BCUT2D eigenvalue weighted by Crippen LogP contribution is 2.19. The van der Waals surface area contributed by atoms with Gasteiger partial charge in [0.05, 0.1) is 11.9 Å². The lowest BCUT2D eigenvalue weighted by atomic mass is 10.1. The van der Waals surface area contributed by atoms with Crippen LogP contribution in [0.15, 0.2) is 29.0 Å². The van der Waals surface area contributed by atoms with Gasteiger partial charge in [0, 0.05) is 31.0 Å². The van der Waals surface area contributed by atoms with Gasteiger partial charge in [-0.25, -0.2) is 8.42 Å². The number of hydrogen-bond acceptors (Lipinski definition) is 7. The molecule has 0 bridgehead atoms. The fourth-order valence-electron chi connectivity index (χ4n) is 2.59. The summed E-state index contributed by atoms with van der Waals surface area (Å²) in [7, 11) is -3.17. The van der Waals surface area contributed by atoms with E-state index in [1.165, 1.54) is 4.31 Å². The number of sulfonamides is 1. The number of pyridine rings is 1. The fourth-order valence-corrected chi connectivity index (χ4v) is 3.76. The first-order valence-electron chi connectivity index (χ1n) is 7.91. The Morgan fingerprint density at radius 3 is 3.08 bits per heavy atom. The molecule has 0 saturated carbocycles. The van der Waals surface area contributed by atoms with Crippen LogP contribution in [0.4, 0.5) is 0 Å². The highest BCUT2D eigenvalue weighted by Gasteiger charge is 2.28. The summed E-state index contributed by atoms with van der Waals surface area (Å²) in [5.41, 5.74) is 0.769. The topological polar surface area (TPSA) is 98.4 Å². The zero-order valence-corrected chi connectivity index (χ0v) is 14.3. The number of aromatic nitrogens is 3. The Labute approximate surface area is 140 Å². The minimum absolute atomic E-state index is 0.109. The van der Waals surface area contributed by atoms with Crippen molar-refractivity contribution in [3.8, 4) is 11.4 Å². The van der Waals surface area contributed by atoms with Crippen molar-refractivity contribution in [2.24, 2.45) is 0 Å². The minimum Gasteiger partial charge on any atom is -0.367 e. The second-order valence-corrected chi connectivity index (χ2v) is 7.84. The number of rotatable bonds is 6. The Kier molecular flexibility index (Phi) is 5.22. The van der Waals surface area contributed by atoms with Gasteiger partial charge in [0.2, 0.25) is 15.8 Å². The van der Waals surface area contributed by atoms with Gasteiger partial charge in [-0.15, -0.1) is 0 Å². The molecule has 1 atom stereocenters. The maximum atomic E-state index is 12.0. The van der Waals surface area contributed by atoms with Gasteiger partial charge in [-0.3, -0.25) is 4.98 Å². The summed E-state index contributed by atoms with van der Waals surface area (Å²) in [6.07, 6.45) is 4.78. The summed E-state index contributed by atoms with van der Waals surface area (Å²) < 4.78 is 36.4. The van der Waals surface area contributed by atoms with Crippen molar-refractivity contribution in [2.75, 3.05) is 18.8 Å². The highest BCUT2D eigenvalue weighted by atomic mass is 32.2. The lowest BCUT2D eigenvalue weighted by molar-refractivity contribution is -0.00293. The molecule has 0 amide bonds. The summed E-state index contributed by atoms with van der Waals surface area (Å²) >= 11 is 0. The maximum absolute atomic E-state index is 12.0. The van der Waals surface area contributed by atoms with Gasteiger partial charge in [-0.1, -0.05) is 5.16 Å². The second-order valence-electron chi connectivity index (χ2n) is 5.59. The van der Waals surface area contributed by atoms with Crippen molar-refractivity contribution in [1.82, 2.24) is 19.4 Å². The first kappa shape index (κ1) is 17.0. The first-order valence-corrected chi connectivity index (χ1v) is 9.52. The molecule has 0 aromatic carbocycles. The molecular formula is C15H20N4O4S. The van der Waals surface area contributed by atoms with E-state index in [0.29, 0.717) is 24.8 Å². The molecule has 0 spiro atoms. The average Bonchev–Trinajstić information content (AvgIpc) is 3.10. The van der Waals surface area contributed by atoms with Crippen molar-refractivity contribution in [1.29, 1.82) is 0 Å². The van der Waals surface area contributed by atoms with Crippen LogP contribution >= 0.6 is 0 Å². The quantitative estimate of drug-likeness (QED) is 0.776. The molecule has 0 radical (unpaired) electrons. The average molecular weight is 352 g/mol. The molecule has 8 nitrogen and oxygen atoms in total. The number of piperidine rings is 1. The van der Waals surface area contributed by atoms with Crippen molar-refractivity contribution in [3.63, 3.8) is 0 Å². The van der Waals surface area contributed by atoms with Crippen LogP contribution in [-0.4, -0.2) is 52.8 Å². The molecule has 24 heavy (non-hydrogen) atoms. The molecule has 3 rings (SSSR count). The summed E-state index contributed by atoms with van der Waals surface area (Å²) in [4.78, 5) is 8.29. The predicted molar refractivity (Wildman–Crippen MR) is 86.4 cm³/mol. The molecule has 0 aliphatic carbocycles. The van der Waals surface area contributed by atoms with Gasteiger partial charge >= 0.3 is 0 Å². The maximum Gasteiger partial charge on any atom is 0.252 e. The second kappa shape index (κ2) is 7.37. The van der Waals surface area contributed by atoms with E-state index in [1.807, 2.05) is 6.07 Å². The summed E-state index contributed by atoms with van der Waals surface area (Å²) in [6.45, 7) is 2.75. The number of ether oxygens (including phenoxy) is 1. The SMILES string of the molecule is CCS(=O)(=O)N1CCCC(OCc2nc(-c3cccnc3)no2)C1. The van der Waals surface area contributed by atoms with E-state index in [-0.39, 0.29) is 18.5 Å². The molecular weight excluding hydrogens is 332 g/mol. The Balaban J connectivity index is 1.57. The lowest BCUT2D eigenvalue weighted by Crippen LogP contribution is -2.43. The summed E-state index contributed by atoms with van der Waals surface area (Å²) in [6, 6.07) is 3.64. The van der Waals surface area contributed by atoms with E-state index in [1.54, 1.807) is 25.4 Å². The van der Waals surface area contributed by atoms with Gasteiger partial charge < -0.3 is 9.26 Å². The molecule has 9 heteroatoms. The van der Waals surface area contributed by atoms with Crippen molar-refractivity contribution >= 4 is 10.0 Å². The molecule has 1 aliphatic heterocycles. The van der Waals surface area contributed by atoms with Crippen molar-refractivity contribution < 1.29 is 17.7 Å². The van der Waals surface area contributed by atoms with Crippen molar-refractivity contribution in [2.45, 2.75) is 32.5 Å². The third kappa shape index (κ3) is 3.97. The van der Waals surface area contributed by atoms with Crippen molar-refractivity contribution in [3.05, 3.63) is 30.4 Å². The minimum atomic E-state index is -3.17. The molecule has 1 aliphatic rings. The van der Waals surface area contributed by atoms with Crippen LogP contribution in [0.2, 0.25) is 0 Å². The van der Waals surface area contributed by atoms with Crippen LogP contribution in [0.3, 0.4) is 0 Å². The van der Waals surface area contributed by atoms with Gasteiger partial charge in [0.15, 0.2) is 0 Å². The first-order chi connectivity index (χ1) is 11.6. The van der Waals surface area contributed by atoms with E-state index in [9.17, 15) is 8.42 Å². The van der Waals surface area contributed by atoms with E-state index in [0.717, 1.165) is 18.4 Å². The number of nitrogens with zero attached hydrogens (tertiary/aromatic N) is 4. The Bertz CT molecular complexity index is 763. The highest BCUT2D eigenvalue weighted by molar-refractivity contribution is 7.89. The standard InChI is InChI=1S/C15H20N4O4S/c1-2-24(20,21)19-8-4-6-13(10-19)22-11-14-17-15(18-23-14)12-5-3-7-16-9-12/h3,5,7,9,13H,2,4,6,8,10-11H2,1H3. The Hall–Kier alpha value is -1.84. The van der Waals surface area contributed by atoms with Crippen LogP contribution in [0.25, 0.3) is 11.4 Å². The molecule has 2 aromatic heterocycles. The zero-order valence-electron chi connectivity index (χ0n) is 13.5. The van der Waals surface area contributed by atoms with Crippen LogP contribution in [0, 0.1) is 0 Å². The zero-order chi connectivity index (χ0) is 17.0. The third-order valence-electron chi connectivity index (χ3n) is 3.93. The van der Waals surface area contributed by atoms with Gasteiger partial charge in [-0.05, 0) is 31.9 Å². The molecule has 1 saturated heterocycles. The Morgan fingerprint density at radius 2 is 2.33 bits per heavy atom. The van der Waals surface area contributed by atoms with E-state index in [2.05, 4.69) is 15.1 Å². The van der Waals surface area contributed by atoms with Crippen LogP contribution in [0.1, 0.15) is 25.7 Å². The summed E-state index contributed by atoms with van der Waals surface area (Å²) in [5, 5.41) is 3.91. The van der Waals surface area contributed by atoms with Crippen LogP contribution < -0.4 is 0 Å².